The summed E-state index contributed by atoms with van der Waals surface area (Å²) in [6.07, 6.45) is 4.85. The summed E-state index contributed by atoms with van der Waals surface area (Å²) in [5, 5.41) is 6.21. The Morgan fingerprint density at radius 1 is 0.931 bits per heavy atom. The maximum atomic E-state index is 12.9. The molecule has 1 saturated heterocycles. The monoisotopic (exact) mass is 391 g/mol. The number of anilines is 1. The maximum Gasteiger partial charge on any atom is 0.238 e. The third kappa shape index (κ3) is 5.04. The molecule has 0 saturated carbocycles. The molecule has 0 spiro atoms. The molecule has 2 aromatic carbocycles. The van der Waals surface area contributed by atoms with Gasteiger partial charge < -0.3 is 10.6 Å². The van der Waals surface area contributed by atoms with Gasteiger partial charge in [0.25, 0.3) is 0 Å². The van der Waals surface area contributed by atoms with Gasteiger partial charge in [-0.2, -0.15) is 0 Å². The summed E-state index contributed by atoms with van der Waals surface area (Å²) in [6.45, 7) is 2.05. The summed E-state index contributed by atoms with van der Waals surface area (Å²) < 4.78 is 0. The molecule has 1 fully saturated rings. The lowest BCUT2D eigenvalue weighted by atomic mass is 9.82. The lowest BCUT2D eigenvalue weighted by molar-refractivity contribution is -0.124. The van der Waals surface area contributed by atoms with Gasteiger partial charge in [0.2, 0.25) is 11.8 Å². The van der Waals surface area contributed by atoms with E-state index in [-0.39, 0.29) is 23.8 Å². The van der Waals surface area contributed by atoms with Crippen molar-refractivity contribution < 1.29 is 9.59 Å². The van der Waals surface area contributed by atoms with Gasteiger partial charge in [-0.3, -0.25) is 14.5 Å². The molecule has 4 rings (SSSR count). The number of rotatable bonds is 5. The first kappa shape index (κ1) is 19.6. The molecule has 2 amide bonds. The van der Waals surface area contributed by atoms with E-state index < -0.39 is 0 Å². The second-order valence-electron chi connectivity index (χ2n) is 8.12. The van der Waals surface area contributed by atoms with Crippen LogP contribution in [0.25, 0.3) is 0 Å². The highest BCUT2D eigenvalue weighted by molar-refractivity contribution is 5.92. The zero-order valence-corrected chi connectivity index (χ0v) is 16.8. The van der Waals surface area contributed by atoms with Crippen molar-refractivity contribution in [2.75, 3.05) is 25.0 Å². The third-order valence-electron chi connectivity index (χ3n) is 6.04. The Morgan fingerprint density at radius 2 is 1.66 bits per heavy atom. The molecule has 1 aliphatic heterocycles. The molecular weight excluding hydrogens is 362 g/mol. The maximum absolute atomic E-state index is 12.9. The molecule has 1 unspecified atom stereocenters. The minimum atomic E-state index is -0.0189. The van der Waals surface area contributed by atoms with Crippen molar-refractivity contribution in [2.24, 2.45) is 0 Å². The van der Waals surface area contributed by atoms with Gasteiger partial charge in [0.15, 0.2) is 0 Å². The number of hydrogen-bond acceptors (Lipinski definition) is 3. The zero-order valence-electron chi connectivity index (χ0n) is 16.8. The van der Waals surface area contributed by atoms with Crippen molar-refractivity contribution in [2.45, 2.75) is 44.1 Å². The molecule has 2 aliphatic rings. The van der Waals surface area contributed by atoms with E-state index in [1.165, 1.54) is 11.1 Å². The van der Waals surface area contributed by atoms with Crippen LogP contribution in [-0.4, -0.2) is 42.4 Å². The molecule has 1 heterocycles. The van der Waals surface area contributed by atoms with E-state index in [0.717, 1.165) is 50.9 Å². The fourth-order valence-corrected chi connectivity index (χ4v) is 4.49. The van der Waals surface area contributed by atoms with Crippen molar-refractivity contribution in [3.8, 4) is 0 Å². The highest BCUT2D eigenvalue weighted by atomic mass is 16.2. The third-order valence-corrected chi connectivity index (χ3v) is 6.04. The minimum Gasteiger partial charge on any atom is -0.353 e. The van der Waals surface area contributed by atoms with Gasteiger partial charge in [-0.05, 0) is 55.4 Å². The second-order valence-corrected chi connectivity index (χ2v) is 8.12. The summed E-state index contributed by atoms with van der Waals surface area (Å²) in [4.78, 5) is 27.3. The summed E-state index contributed by atoms with van der Waals surface area (Å²) in [5.74, 6) is 0.157. The highest BCUT2D eigenvalue weighted by Gasteiger charge is 2.29. The minimum absolute atomic E-state index is 0.0116. The molecule has 1 atom stereocenters. The van der Waals surface area contributed by atoms with E-state index in [4.69, 9.17) is 0 Å². The first-order chi connectivity index (χ1) is 14.2. The van der Waals surface area contributed by atoms with E-state index in [0.29, 0.717) is 6.54 Å². The van der Waals surface area contributed by atoms with Crippen LogP contribution in [0, 0.1) is 0 Å². The molecule has 152 valence electrons. The number of carbonyl (C=O) groups excluding carboxylic acids is 2. The van der Waals surface area contributed by atoms with E-state index >= 15 is 0 Å². The summed E-state index contributed by atoms with van der Waals surface area (Å²) in [6, 6.07) is 18.1. The highest BCUT2D eigenvalue weighted by Crippen LogP contribution is 2.31. The van der Waals surface area contributed by atoms with Crippen LogP contribution in [0.1, 0.15) is 42.7 Å². The van der Waals surface area contributed by atoms with Crippen molar-refractivity contribution in [1.29, 1.82) is 0 Å². The number of nitrogens with zero attached hydrogens (tertiary/aromatic N) is 1. The number of carbonyl (C=O) groups is 2. The Morgan fingerprint density at radius 3 is 2.45 bits per heavy atom. The number of hydrogen-bond donors (Lipinski definition) is 2. The van der Waals surface area contributed by atoms with Crippen LogP contribution in [0.5, 0.6) is 0 Å². The predicted octanol–water partition coefficient (Wildman–Crippen LogP) is 3.33. The normalized spacial score (nSPS) is 19.9. The lowest BCUT2D eigenvalue weighted by Gasteiger charge is -2.33. The van der Waals surface area contributed by atoms with Crippen LogP contribution in [0.15, 0.2) is 54.6 Å². The lowest BCUT2D eigenvalue weighted by Crippen LogP contribution is -2.47. The largest absolute Gasteiger partial charge is 0.353 e. The number of likely N-dealkylation sites (tertiary alicyclic amines) is 1. The number of benzene rings is 2. The Hall–Kier alpha value is -2.66. The van der Waals surface area contributed by atoms with Crippen LogP contribution in [0.4, 0.5) is 5.69 Å². The number of piperidine rings is 1. The quantitative estimate of drug-likeness (QED) is 0.822. The second kappa shape index (κ2) is 9.23. The van der Waals surface area contributed by atoms with Gasteiger partial charge in [0.1, 0.15) is 0 Å². The average Bonchev–Trinajstić information content (AvgIpc) is 2.75. The molecule has 2 aromatic rings. The van der Waals surface area contributed by atoms with Crippen LogP contribution in [-0.2, 0) is 16.0 Å². The van der Waals surface area contributed by atoms with Gasteiger partial charge in [-0.25, -0.2) is 0 Å². The first-order valence-electron chi connectivity index (χ1n) is 10.6. The molecule has 2 N–H and O–H groups in total. The van der Waals surface area contributed by atoms with Gasteiger partial charge in [-0.15, -0.1) is 0 Å². The van der Waals surface area contributed by atoms with Crippen LogP contribution in [0.2, 0.25) is 0 Å². The topological polar surface area (TPSA) is 61.4 Å². The number of fused-ring (bicyclic) bond motifs is 1. The Balaban J connectivity index is 1.24. The van der Waals surface area contributed by atoms with Gasteiger partial charge in [0, 0.05) is 24.8 Å². The van der Waals surface area contributed by atoms with E-state index in [1.807, 2.05) is 36.4 Å². The van der Waals surface area contributed by atoms with Crippen molar-refractivity contribution in [3.63, 3.8) is 0 Å². The number of nitrogens with one attached hydrogen (secondary N) is 2. The molecule has 5 nitrogen and oxygen atoms in total. The van der Waals surface area contributed by atoms with E-state index in [2.05, 4.69) is 33.7 Å². The smallest absolute Gasteiger partial charge is 0.238 e. The molecule has 0 bridgehead atoms. The Kier molecular flexibility index (Phi) is 6.25. The fourth-order valence-electron chi connectivity index (χ4n) is 4.49. The molecular formula is C24H29N3O2. The van der Waals surface area contributed by atoms with E-state index in [1.54, 1.807) is 0 Å². The number of para-hydroxylation sites is 1. The SMILES string of the molecule is O=C(CN1CCC(NC(=O)C2CCCc3ccccc32)CC1)Nc1ccccc1. The molecule has 29 heavy (non-hydrogen) atoms. The number of aryl methyl sites for hydroxylation is 1. The fraction of sp³-hybridized carbons (Fsp3) is 0.417. The van der Waals surface area contributed by atoms with Crippen molar-refractivity contribution in [1.82, 2.24) is 10.2 Å². The first-order valence-corrected chi connectivity index (χ1v) is 10.6. The summed E-state index contributed by atoms with van der Waals surface area (Å²) >= 11 is 0. The summed E-state index contributed by atoms with van der Waals surface area (Å²) in [5.41, 5.74) is 3.34. The van der Waals surface area contributed by atoms with Crippen molar-refractivity contribution in [3.05, 3.63) is 65.7 Å². The predicted molar refractivity (Wildman–Crippen MR) is 115 cm³/mol. The van der Waals surface area contributed by atoms with Gasteiger partial charge >= 0.3 is 0 Å². The van der Waals surface area contributed by atoms with Crippen LogP contribution >= 0.6 is 0 Å². The Bertz CT molecular complexity index is 844. The molecule has 0 aromatic heterocycles. The Labute approximate surface area is 172 Å². The molecule has 0 radical (unpaired) electrons. The average molecular weight is 392 g/mol. The van der Waals surface area contributed by atoms with Crippen LogP contribution in [0.3, 0.4) is 0 Å². The molecule has 5 heteroatoms. The van der Waals surface area contributed by atoms with Gasteiger partial charge in [-0.1, -0.05) is 42.5 Å². The molecule has 1 aliphatic carbocycles. The van der Waals surface area contributed by atoms with Gasteiger partial charge in [0.05, 0.1) is 12.5 Å². The van der Waals surface area contributed by atoms with E-state index in [9.17, 15) is 9.59 Å². The zero-order chi connectivity index (χ0) is 20.1. The van der Waals surface area contributed by atoms with Crippen molar-refractivity contribution >= 4 is 17.5 Å². The number of amides is 2. The van der Waals surface area contributed by atoms with Crippen LogP contribution < -0.4 is 10.6 Å². The summed E-state index contributed by atoms with van der Waals surface area (Å²) in [7, 11) is 0. The standard InChI is InChI=1S/C24H29N3O2/c28-23(25-19-9-2-1-3-10-19)17-27-15-13-20(14-16-27)26-24(29)22-12-6-8-18-7-4-5-11-21(18)22/h1-5,7,9-11,20,22H,6,8,12-17H2,(H,25,28)(H,26,29).